The van der Waals surface area contributed by atoms with Crippen LogP contribution in [-0.2, 0) is 11.2 Å². The molecule has 2 heterocycles. The Bertz CT molecular complexity index is 1290. The molecule has 31 heavy (non-hydrogen) atoms. The minimum Gasteiger partial charge on any atom is -0.497 e. The maximum absolute atomic E-state index is 13.6. The van der Waals surface area contributed by atoms with Crippen LogP contribution in [0.15, 0.2) is 45.5 Å². The molecule has 0 amide bonds. The summed E-state index contributed by atoms with van der Waals surface area (Å²) in [6.07, 6.45) is 0.804. The van der Waals surface area contributed by atoms with Crippen molar-refractivity contribution in [3.05, 3.63) is 56.3 Å². The van der Waals surface area contributed by atoms with Gasteiger partial charge in [-0.3, -0.25) is 14.2 Å². The maximum Gasteiger partial charge on any atom is 0.267 e. The summed E-state index contributed by atoms with van der Waals surface area (Å²) >= 11 is 2.59. The van der Waals surface area contributed by atoms with Crippen molar-refractivity contribution < 1.29 is 9.53 Å². The molecule has 0 radical (unpaired) electrons. The SMILES string of the molecule is CCc1sc2nc(SCC(=O)/C(C#N)=C(\C)N)n(-c3cccc(OC)c3)c(=O)c2c1C. The highest BCUT2D eigenvalue weighted by atomic mass is 32.2. The van der Waals surface area contributed by atoms with E-state index in [4.69, 9.17) is 15.5 Å². The fraction of sp³-hybridized carbons (Fsp3) is 0.273. The summed E-state index contributed by atoms with van der Waals surface area (Å²) in [6.45, 7) is 5.48. The van der Waals surface area contributed by atoms with Crippen LogP contribution >= 0.6 is 23.1 Å². The number of nitriles is 1. The first-order valence-electron chi connectivity index (χ1n) is 9.54. The number of benzene rings is 1. The molecule has 2 N–H and O–H groups in total. The summed E-state index contributed by atoms with van der Waals surface area (Å²) in [7, 11) is 1.55. The third kappa shape index (κ3) is 4.36. The predicted octanol–water partition coefficient (Wildman–Crippen LogP) is 3.74. The lowest BCUT2D eigenvalue weighted by Gasteiger charge is -2.13. The van der Waals surface area contributed by atoms with Gasteiger partial charge >= 0.3 is 0 Å². The number of fused-ring (bicyclic) bond motifs is 1. The summed E-state index contributed by atoms with van der Waals surface area (Å²) in [5.41, 5.74) is 7.05. The van der Waals surface area contributed by atoms with E-state index in [1.807, 2.05) is 19.9 Å². The molecule has 0 bridgehead atoms. The Kier molecular flexibility index (Phi) is 6.83. The lowest BCUT2D eigenvalue weighted by atomic mass is 10.2. The Morgan fingerprint density at radius 2 is 2.16 bits per heavy atom. The van der Waals surface area contributed by atoms with E-state index in [1.165, 1.54) is 22.8 Å². The average molecular weight is 455 g/mol. The van der Waals surface area contributed by atoms with Gasteiger partial charge in [0.15, 0.2) is 10.9 Å². The van der Waals surface area contributed by atoms with Crippen molar-refractivity contribution in [3.63, 3.8) is 0 Å². The van der Waals surface area contributed by atoms with Crippen molar-refractivity contribution in [2.45, 2.75) is 32.3 Å². The first kappa shape index (κ1) is 22.6. The van der Waals surface area contributed by atoms with Crippen LogP contribution in [0.1, 0.15) is 24.3 Å². The van der Waals surface area contributed by atoms with E-state index in [1.54, 1.807) is 31.4 Å². The lowest BCUT2D eigenvalue weighted by Crippen LogP contribution is -2.22. The third-order valence-corrected chi connectivity index (χ3v) is 7.05. The molecule has 160 valence electrons. The molecule has 0 aliphatic carbocycles. The number of rotatable bonds is 7. The number of aromatic nitrogens is 2. The van der Waals surface area contributed by atoms with Crippen molar-refractivity contribution in [3.8, 4) is 17.5 Å². The molecule has 0 saturated carbocycles. The molecule has 0 spiro atoms. The highest BCUT2D eigenvalue weighted by molar-refractivity contribution is 7.99. The third-order valence-electron chi connectivity index (χ3n) is 4.78. The Morgan fingerprint density at radius 1 is 1.42 bits per heavy atom. The smallest absolute Gasteiger partial charge is 0.267 e. The van der Waals surface area contributed by atoms with Gasteiger partial charge in [0, 0.05) is 16.6 Å². The molecule has 0 fully saturated rings. The minimum atomic E-state index is -0.407. The topological polar surface area (TPSA) is 111 Å². The number of hydrogen-bond donors (Lipinski definition) is 1. The Labute approximate surface area is 188 Å². The van der Waals surface area contributed by atoms with Gasteiger partial charge in [0.2, 0.25) is 0 Å². The molecule has 0 saturated heterocycles. The van der Waals surface area contributed by atoms with Crippen LogP contribution in [0, 0.1) is 18.3 Å². The van der Waals surface area contributed by atoms with Crippen molar-refractivity contribution in [2.75, 3.05) is 12.9 Å². The molecule has 1 aromatic carbocycles. The molecule has 0 aliphatic rings. The number of nitrogens with zero attached hydrogens (tertiary/aromatic N) is 3. The van der Waals surface area contributed by atoms with Crippen molar-refractivity contribution >= 4 is 39.1 Å². The van der Waals surface area contributed by atoms with E-state index in [2.05, 4.69) is 0 Å². The van der Waals surface area contributed by atoms with E-state index < -0.39 is 5.78 Å². The van der Waals surface area contributed by atoms with Gasteiger partial charge in [-0.05, 0) is 38.0 Å². The lowest BCUT2D eigenvalue weighted by molar-refractivity contribution is -0.112. The van der Waals surface area contributed by atoms with Gasteiger partial charge in [-0.1, -0.05) is 24.8 Å². The van der Waals surface area contributed by atoms with Crippen LogP contribution in [0.4, 0.5) is 0 Å². The van der Waals surface area contributed by atoms with E-state index in [9.17, 15) is 14.9 Å². The molecule has 3 aromatic rings. The number of thiophene rings is 1. The van der Waals surface area contributed by atoms with Crippen molar-refractivity contribution in [1.82, 2.24) is 9.55 Å². The van der Waals surface area contributed by atoms with Gasteiger partial charge in [-0.15, -0.1) is 11.3 Å². The van der Waals surface area contributed by atoms with Crippen molar-refractivity contribution in [2.24, 2.45) is 5.73 Å². The van der Waals surface area contributed by atoms with Gasteiger partial charge in [0.05, 0.1) is 23.9 Å². The quantitative estimate of drug-likeness (QED) is 0.250. The van der Waals surface area contributed by atoms with Crippen LogP contribution in [-0.4, -0.2) is 28.2 Å². The zero-order valence-corrected chi connectivity index (χ0v) is 19.3. The van der Waals surface area contributed by atoms with Gasteiger partial charge in [0.25, 0.3) is 5.56 Å². The zero-order valence-electron chi connectivity index (χ0n) is 17.7. The molecule has 0 atom stereocenters. The number of methoxy groups -OCH3 is 1. The Hall–Kier alpha value is -3.09. The van der Waals surface area contributed by atoms with Gasteiger partial charge < -0.3 is 10.5 Å². The summed E-state index contributed by atoms with van der Waals surface area (Å²) in [5, 5.41) is 10.1. The molecule has 0 aliphatic heterocycles. The second-order valence-corrected chi connectivity index (χ2v) is 8.83. The number of aryl methyl sites for hydroxylation is 2. The van der Waals surface area contributed by atoms with Crippen LogP contribution in [0.5, 0.6) is 5.75 Å². The fourth-order valence-electron chi connectivity index (χ4n) is 3.19. The summed E-state index contributed by atoms with van der Waals surface area (Å²) in [4.78, 5) is 32.5. The minimum absolute atomic E-state index is 0.0651. The second-order valence-electron chi connectivity index (χ2n) is 6.80. The standard InChI is InChI=1S/C22H22N4O3S2/c1-5-18-12(2)19-20(31-18)25-22(30-11-17(27)16(10-23)13(3)24)26(21(19)28)14-7-6-8-15(9-14)29-4/h6-9H,5,11,24H2,1-4H3/b16-13+. The van der Waals surface area contributed by atoms with Crippen LogP contribution in [0.2, 0.25) is 0 Å². The number of hydrogen-bond acceptors (Lipinski definition) is 8. The Morgan fingerprint density at radius 3 is 2.77 bits per heavy atom. The first-order valence-corrected chi connectivity index (χ1v) is 11.3. The van der Waals surface area contributed by atoms with Crippen LogP contribution in [0.25, 0.3) is 15.9 Å². The first-order chi connectivity index (χ1) is 14.8. The summed E-state index contributed by atoms with van der Waals surface area (Å²) in [5.74, 6) is 0.126. The van der Waals surface area contributed by atoms with Gasteiger partial charge in [0.1, 0.15) is 22.2 Å². The number of carbonyl (C=O) groups is 1. The fourth-order valence-corrected chi connectivity index (χ4v) is 5.24. The predicted molar refractivity (Wildman–Crippen MR) is 124 cm³/mol. The number of ether oxygens (including phenoxy) is 1. The normalized spacial score (nSPS) is 11.8. The second kappa shape index (κ2) is 9.37. The largest absolute Gasteiger partial charge is 0.497 e. The van der Waals surface area contributed by atoms with Crippen molar-refractivity contribution in [1.29, 1.82) is 5.26 Å². The van der Waals surface area contributed by atoms with E-state index >= 15 is 0 Å². The highest BCUT2D eigenvalue weighted by Crippen LogP contribution is 2.31. The molecule has 2 aromatic heterocycles. The molecule has 9 heteroatoms. The van der Waals surface area contributed by atoms with Crippen LogP contribution < -0.4 is 16.0 Å². The summed E-state index contributed by atoms with van der Waals surface area (Å²) in [6, 6.07) is 8.95. The maximum atomic E-state index is 13.6. The average Bonchev–Trinajstić information content (AvgIpc) is 3.08. The van der Waals surface area contributed by atoms with Crippen LogP contribution in [0.3, 0.4) is 0 Å². The van der Waals surface area contributed by atoms with Gasteiger partial charge in [-0.25, -0.2) is 4.98 Å². The zero-order chi connectivity index (χ0) is 22.7. The number of nitrogens with two attached hydrogens (primary N) is 1. The van der Waals surface area contributed by atoms with E-state index in [0.717, 1.165) is 28.6 Å². The monoisotopic (exact) mass is 454 g/mol. The number of ketones is 1. The van der Waals surface area contributed by atoms with E-state index in [0.29, 0.717) is 26.8 Å². The molecule has 0 unspecified atom stereocenters. The number of carbonyl (C=O) groups excluding carboxylic acids is 1. The van der Waals surface area contributed by atoms with Gasteiger partial charge in [-0.2, -0.15) is 5.26 Å². The number of Topliss-reactive ketones (excluding diaryl/α,β-unsaturated/α-hetero) is 1. The molecule has 3 rings (SSSR count). The molecular formula is C22H22N4O3S2. The summed E-state index contributed by atoms with van der Waals surface area (Å²) < 4.78 is 6.80. The molecule has 7 nitrogen and oxygen atoms in total. The van der Waals surface area contributed by atoms with E-state index in [-0.39, 0.29) is 22.6 Å². The Balaban J connectivity index is 2.19. The number of thioether (sulfide) groups is 1. The molecular weight excluding hydrogens is 432 g/mol. The highest BCUT2D eigenvalue weighted by Gasteiger charge is 2.21. The number of allylic oxidation sites excluding steroid dienone is 2.